The SMILES string of the molecule is O=C(NCC1=CCNCC1)C1CCCN1S(=O)(=O)c1ccccc1. The van der Waals surface area contributed by atoms with E-state index in [1.165, 1.54) is 9.88 Å². The van der Waals surface area contributed by atoms with E-state index in [9.17, 15) is 13.2 Å². The minimum absolute atomic E-state index is 0.202. The Labute approximate surface area is 143 Å². The van der Waals surface area contributed by atoms with Gasteiger partial charge in [0, 0.05) is 19.6 Å². The molecule has 3 rings (SSSR count). The van der Waals surface area contributed by atoms with E-state index < -0.39 is 16.1 Å². The van der Waals surface area contributed by atoms with Crippen molar-refractivity contribution in [2.45, 2.75) is 30.2 Å². The van der Waals surface area contributed by atoms with Crippen LogP contribution in [0.4, 0.5) is 0 Å². The zero-order valence-electron chi connectivity index (χ0n) is 13.6. The Balaban J connectivity index is 1.68. The van der Waals surface area contributed by atoms with Gasteiger partial charge in [0.15, 0.2) is 0 Å². The lowest BCUT2D eigenvalue weighted by Crippen LogP contribution is -2.46. The molecule has 0 spiro atoms. The molecular weight excluding hydrogens is 326 g/mol. The van der Waals surface area contributed by atoms with Crippen molar-refractivity contribution in [3.63, 3.8) is 0 Å². The number of nitrogens with one attached hydrogen (secondary N) is 2. The van der Waals surface area contributed by atoms with Gasteiger partial charge in [-0.25, -0.2) is 8.42 Å². The lowest BCUT2D eigenvalue weighted by Gasteiger charge is -2.24. The smallest absolute Gasteiger partial charge is 0.243 e. The van der Waals surface area contributed by atoms with Crippen molar-refractivity contribution in [3.05, 3.63) is 42.0 Å². The Hall–Kier alpha value is -1.70. The maximum Gasteiger partial charge on any atom is 0.243 e. The van der Waals surface area contributed by atoms with Crippen LogP contribution in [-0.4, -0.2) is 50.9 Å². The molecule has 1 atom stereocenters. The summed E-state index contributed by atoms with van der Waals surface area (Å²) < 4.78 is 26.9. The molecule has 1 unspecified atom stereocenters. The summed E-state index contributed by atoms with van der Waals surface area (Å²) >= 11 is 0. The number of hydrogen-bond donors (Lipinski definition) is 2. The van der Waals surface area contributed by atoms with Gasteiger partial charge >= 0.3 is 0 Å². The van der Waals surface area contributed by atoms with Crippen molar-refractivity contribution in [2.75, 3.05) is 26.2 Å². The van der Waals surface area contributed by atoms with E-state index >= 15 is 0 Å². The second-order valence-corrected chi connectivity index (χ2v) is 8.01. The van der Waals surface area contributed by atoms with Gasteiger partial charge < -0.3 is 10.6 Å². The maximum absolute atomic E-state index is 12.8. The van der Waals surface area contributed by atoms with Gasteiger partial charge in [0.05, 0.1) is 4.90 Å². The number of amides is 1. The summed E-state index contributed by atoms with van der Waals surface area (Å²) in [4.78, 5) is 12.8. The number of sulfonamides is 1. The van der Waals surface area contributed by atoms with Crippen LogP contribution in [0.2, 0.25) is 0 Å². The molecule has 1 aromatic rings. The van der Waals surface area contributed by atoms with Gasteiger partial charge in [-0.1, -0.05) is 29.8 Å². The van der Waals surface area contributed by atoms with Crippen LogP contribution in [0, 0.1) is 0 Å². The molecule has 24 heavy (non-hydrogen) atoms. The molecule has 0 radical (unpaired) electrons. The minimum Gasteiger partial charge on any atom is -0.351 e. The molecule has 6 nitrogen and oxygen atoms in total. The minimum atomic E-state index is -3.63. The van der Waals surface area contributed by atoms with E-state index in [0.717, 1.165) is 19.5 Å². The third kappa shape index (κ3) is 3.68. The monoisotopic (exact) mass is 349 g/mol. The third-order valence-corrected chi connectivity index (χ3v) is 6.43. The number of nitrogens with zero attached hydrogens (tertiary/aromatic N) is 1. The molecule has 1 amide bonds. The summed E-state index contributed by atoms with van der Waals surface area (Å²) in [5.41, 5.74) is 1.19. The highest BCUT2D eigenvalue weighted by atomic mass is 32.2. The van der Waals surface area contributed by atoms with Crippen molar-refractivity contribution in [1.82, 2.24) is 14.9 Å². The van der Waals surface area contributed by atoms with Gasteiger partial charge in [0.25, 0.3) is 0 Å². The molecule has 0 aliphatic carbocycles. The van der Waals surface area contributed by atoms with Crippen LogP contribution in [-0.2, 0) is 14.8 Å². The molecule has 1 fully saturated rings. The lowest BCUT2D eigenvalue weighted by molar-refractivity contribution is -0.124. The van der Waals surface area contributed by atoms with Gasteiger partial charge in [-0.2, -0.15) is 4.31 Å². The van der Waals surface area contributed by atoms with Crippen LogP contribution in [0.1, 0.15) is 19.3 Å². The maximum atomic E-state index is 12.8. The fraction of sp³-hybridized carbons (Fsp3) is 0.471. The average molecular weight is 349 g/mol. The van der Waals surface area contributed by atoms with Gasteiger partial charge in [-0.15, -0.1) is 0 Å². The summed E-state index contributed by atoms with van der Waals surface area (Å²) in [5.74, 6) is -0.202. The first-order chi connectivity index (χ1) is 11.6. The molecule has 2 aliphatic rings. The van der Waals surface area contributed by atoms with E-state index in [1.807, 2.05) is 0 Å². The van der Waals surface area contributed by atoms with Crippen molar-refractivity contribution in [3.8, 4) is 0 Å². The number of hydrogen-bond acceptors (Lipinski definition) is 4. The van der Waals surface area contributed by atoms with E-state index in [4.69, 9.17) is 0 Å². The van der Waals surface area contributed by atoms with E-state index in [1.54, 1.807) is 30.3 Å². The van der Waals surface area contributed by atoms with E-state index in [0.29, 0.717) is 25.9 Å². The first-order valence-corrected chi connectivity index (χ1v) is 9.76. The molecule has 2 aliphatic heterocycles. The lowest BCUT2D eigenvalue weighted by atomic mass is 10.1. The Morgan fingerprint density at radius 3 is 2.79 bits per heavy atom. The molecule has 1 saturated heterocycles. The number of rotatable bonds is 5. The van der Waals surface area contributed by atoms with Crippen molar-refractivity contribution in [1.29, 1.82) is 0 Å². The van der Waals surface area contributed by atoms with Crippen molar-refractivity contribution >= 4 is 15.9 Å². The zero-order chi connectivity index (χ0) is 17.0. The summed E-state index contributed by atoms with van der Waals surface area (Å²) in [6, 6.07) is 7.70. The second kappa shape index (κ2) is 7.46. The van der Waals surface area contributed by atoms with Crippen LogP contribution < -0.4 is 10.6 Å². The summed E-state index contributed by atoms with van der Waals surface area (Å²) in [6.45, 7) is 2.63. The highest BCUT2D eigenvalue weighted by molar-refractivity contribution is 7.89. The zero-order valence-corrected chi connectivity index (χ0v) is 14.4. The first kappa shape index (κ1) is 17.1. The van der Waals surface area contributed by atoms with Crippen LogP contribution in [0.15, 0.2) is 46.9 Å². The second-order valence-electron chi connectivity index (χ2n) is 6.12. The molecule has 1 aromatic carbocycles. The summed E-state index contributed by atoms with van der Waals surface area (Å²) in [5, 5.41) is 6.13. The standard InChI is InChI=1S/C17H23N3O3S/c21-17(19-13-14-8-10-18-11-9-14)16-7-4-12-20(16)24(22,23)15-5-2-1-3-6-15/h1-3,5-6,8,16,18H,4,7,9-13H2,(H,19,21). The highest BCUT2D eigenvalue weighted by Crippen LogP contribution is 2.26. The summed E-state index contributed by atoms with van der Waals surface area (Å²) in [7, 11) is -3.63. The van der Waals surface area contributed by atoms with Crippen LogP contribution in [0.3, 0.4) is 0 Å². The molecule has 130 valence electrons. The fourth-order valence-corrected chi connectivity index (χ4v) is 4.84. The van der Waals surface area contributed by atoms with Gasteiger partial charge in [0.1, 0.15) is 6.04 Å². The first-order valence-electron chi connectivity index (χ1n) is 8.32. The molecule has 0 aromatic heterocycles. The van der Waals surface area contributed by atoms with Gasteiger partial charge in [-0.3, -0.25) is 4.79 Å². The highest BCUT2D eigenvalue weighted by Gasteiger charge is 2.39. The Morgan fingerprint density at radius 1 is 1.29 bits per heavy atom. The topological polar surface area (TPSA) is 78.5 Å². The number of benzene rings is 1. The van der Waals surface area contributed by atoms with Crippen molar-refractivity contribution < 1.29 is 13.2 Å². The third-order valence-electron chi connectivity index (χ3n) is 4.50. The Morgan fingerprint density at radius 2 is 2.08 bits per heavy atom. The molecular formula is C17H23N3O3S. The van der Waals surface area contributed by atoms with Crippen LogP contribution in [0.5, 0.6) is 0 Å². The fourth-order valence-electron chi connectivity index (χ4n) is 3.17. The molecule has 7 heteroatoms. The van der Waals surface area contributed by atoms with Gasteiger partial charge in [0.2, 0.25) is 15.9 Å². The molecule has 0 bridgehead atoms. The van der Waals surface area contributed by atoms with Gasteiger partial charge in [-0.05, 0) is 37.9 Å². The normalized spacial score (nSPS) is 22.2. The number of carbonyl (C=O) groups is 1. The quantitative estimate of drug-likeness (QED) is 0.774. The Bertz CT molecular complexity index is 716. The molecule has 2 N–H and O–H groups in total. The predicted molar refractivity (Wildman–Crippen MR) is 91.9 cm³/mol. The Kier molecular flexibility index (Phi) is 5.33. The van der Waals surface area contributed by atoms with Crippen LogP contribution >= 0.6 is 0 Å². The van der Waals surface area contributed by atoms with E-state index in [2.05, 4.69) is 16.7 Å². The number of carbonyl (C=O) groups excluding carboxylic acids is 1. The van der Waals surface area contributed by atoms with Crippen LogP contribution in [0.25, 0.3) is 0 Å². The predicted octanol–water partition coefficient (Wildman–Crippen LogP) is 0.876. The molecule has 2 heterocycles. The summed E-state index contributed by atoms with van der Waals surface area (Å²) in [6.07, 6.45) is 4.27. The molecule has 0 saturated carbocycles. The van der Waals surface area contributed by atoms with E-state index in [-0.39, 0.29) is 10.8 Å². The largest absolute Gasteiger partial charge is 0.351 e. The van der Waals surface area contributed by atoms with Crippen molar-refractivity contribution in [2.24, 2.45) is 0 Å². The average Bonchev–Trinajstić information content (AvgIpc) is 3.12.